The van der Waals surface area contributed by atoms with Gasteiger partial charge in [0.1, 0.15) is 159 Å². The predicted molar refractivity (Wildman–Crippen MR) is 320 cm³/mol. The first-order valence-corrected chi connectivity index (χ1v) is 31.1. The summed E-state index contributed by atoms with van der Waals surface area (Å²) in [5.74, 6) is 0.555. The van der Waals surface area contributed by atoms with Crippen LogP contribution in [-0.4, -0.2) is 345 Å². The summed E-state index contributed by atoms with van der Waals surface area (Å²) in [6.45, 7) is -0.216. The minimum atomic E-state index is -1.25. The molecule has 24 rings (SSSR count). The molecule has 22 aliphatic rings. The lowest BCUT2D eigenvalue weighted by molar-refractivity contribution is -0.409. The second-order valence-corrected chi connectivity index (χ2v) is 23.4. The van der Waals surface area contributed by atoms with E-state index in [1.807, 2.05) is 42.5 Å². The van der Waals surface area contributed by atoms with Gasteiger partial charge in [0.25, 0.3) is 0 Å². The van der Waals surface area contributed by atoms with Gasteiger partial charge in [0.2, 0.25) is 0 Å². The van der Waals surface area contributed by atoms with Crippen LogP contribution in [0, 0.1) is 0 Å². The van der Waals surface area contributed by atoms with Crippen molar-refractivity contribution in [3.05, 3.63) is 42.5 Å². The first kappa shape index (κ1) is 74.6. The molecule has 0 spiro atoms. The maximum atomic E-state index is 7.18. The van der Waals surface area contributed by atoms with Crippen molar-refractivity contribution in [2.75, 3.05) is 161 Å². The van der Waals surface area contributed by atoms with Crippen LogP contribution in [0.2, 0.25) is 0 Å². The van der Waals surface area contributed by atoms with Crippen molar-refractivity contribution in [1.29, 1.82) is 0 Å². The van der Waals surface area contributed by atoms with Crippen molar-refractivity contribution >= 4 is 10.8 Å². The predicted octanol–water partition coefficient (Wildman–Crippen LogP) is 1.30. The first-order valence-electron chi connectivity index (χ1n) is 31.1. The van der Waals surface area contributed by atoms with E-state index >= 15 is 0 Å². The van der Waals surface area contributed by atoms with Gasteiger partial charge in [-0.3, -0.25) is 0 Å². The van der Waals surface area contributed by atoms with Gasteiger partial charge in [-0.15, -0.1) is 0 Å². The Bertz CT molecular complexity index is 2460. The molecule has 0 amide bonds. The van der Waals surface area contributed by atoms with Crippen LogP contribution in [-0.2, 0) is 137 Å². The summed E-state index contributed by atoms with van der Waals surface area (Å²) in [4.78, 5) is 0. The summed E-state index contributed by atoms with van der Waals surface area (Å²) in [6.07, 6.45) is -30.6. The zero-order valence-corrected chi connectivity index (χ0v) is 56.4. The van der Waals surface area contributed by atoms with Crippen LogP contribution in [0.15, 0.2) is 42.5 Å². The van der Waals surface area contributed by atoms with Crippen LogP contribution in [0.25, 0.3) is 10.8 Å². The van der Waals surface area contributed by atoms with Crippen LogP contribution in [0.1, 0.15) is 0 Å². The van der Waals surface area contributed by atoms with Crippen molar-refractivity contribution in [3.63, 3.8) is 0 Å². The topological polar surface area (TPSA) is 277 Å². The third-order valence-electron chi connectivity index (χ3n) is 18.4. The molecule has 30 nitrogen and oxygen atoms in total. The lowest BCUT2D eigenvalue weighted by Gasteiger charge is -2.53. The van der Waals surface area contributed by atoms with Crippen LogP contribution in [0.4, 0.5) is 0 Å². The van der Waals surface area contributed by atoms with Crippen molar-refractivity contribution in [2.24, 2.45) is 0 Å². The molecule has 30 heteroatoms. The van der Waals surface area contributed by atoms with Crippen molar-refractivity contribution in [3.8, 4) is 5.75 Å². The molecule has 0 radical (unpaired) electrons. The molecule has 0 saturated carbocycles. The fourth-order valence-corrected chi connectivity index (χ4v) is 14.0. The van der Waals surface area contributed by atoms with Gasteiger partial charge < -0.3 is 142 Å². The lowest BCUT2D eigenvalue weighted by Crippen LogP contribution is -2.70. The Labute approximate surface area is 544 Å². The second-order valence-electron chi connectivity index (χ2n) is 23.4. The molecule has 22 heterocycles. The molecule has 22 saturated heterocycles. The smallest absolute Gasteiger partial charge is 0.187 e. The van der Waals surface area contributed by atoms with Gasteiger partial charge >= 0.3 is 0 Å². The fourth-order valence-electron chi connectivity index (χ4n) is 14.0. The average molecular weight is 1340 g/mol. The van der Waals surface area contributed by atoms with E-state index in [0.29, 0.717) is 5.75 Å². The van der Waals surface area contributed by atoms with E-state index < -0.39 is 184 Å². The van der Waals surface area contributed by atoms with Crippen LogP contribution < -0.4 is 4.74 Å². The van der Waals surface area contributed by atoms with Crippen LogP contribution in [0.5, 0.6) is 5.75 Å². The molecular weight excluding hydrogens is 1240 g/mol. The van der Waals surface area contributed by atoms with Gasteiger partial charge in [-0.2, -0.15) is 0 Å². The normalized spacial score (nSPS) is 42.7. The maximum absolute atomic E-state index is 7.18. The van der Waals surface area contributed by atoms with Crippen LogP contribution >= 0.6 is 0 Å². The fraction of sp³-hybridized carbons (Fsp3) is 0.841. The highest BCUT2D eigenvalue weighted by Gasteiger charge is 2.61. The lowest BCUT2D eigenvalue weighted by atomic mass is 9.94. The van der Waals surface area contributed by atoms with E-state index in [-0.39, 0.29) is 39.6 Å². The summed E-state index contributed by atoms with van der Waals surface area (Å²) in [6, 6.07) is 13.8. The summed E-state index contributed by atoms with van der Waals surface area (Å²) >= 11 is 0. The number of fused-ring (bicyclic) bond motifs is 1. The van der Waals surface area contributed by atoms with E-state index in [9.17, 15) is 0 Å². The molecule has 2 aromatic carbocycles. The number of benzene rings is 2. The number of ether oxygens (including phenoxy) is 30. The number of methoxy groups -OCH3 is 17. The summed E-state index contributed by atoms with van der Waals surface area (Å²) in [5.41, 5.74) is 0. The summed E-state index contributed by atoms with van der Waals surface area (Å²) in [7, 11) is 25.9. The monoisotopic (exact) mass is 1340 g/mol. The summed E-state index contributed by atoms with van der Waals surface area (Å²) < 4.78 is 196. The molecule has 2 aromatic rings. The molecule has 22 aliphatic heterocycles. The van der Waals surface area contributed by atoms with E-state index in [1.165, 1.54) is 121 Å². The van der Waals surface area contributed by atoms with E-state index in [4.69, 9.17) is 142 Å². The molecule has 30 atom stereocenters. The molecule has 12 bridgehead atoms. The third-order valence-corrected chi connectivity index (χ3v) is 18.4. The Morgan fingerprint density at radius 1 is 0.237 bits per heavy atom. The summed E-state index contributed by atoms with van der Waals surface area (Å²) in [5, 5.41) is 1.99. The number of rotatable bonds is 25. The standard InChI is InChI=1S/C63H100O30/c1-64-25-34-40-46(69-6)52(75-12)58(82-34)89-41-35(26-65-2)84-60(54(77-14)47(41)70-7)91-43-37(28-67-4)86-62(56(79-16)49(43)72-9)93-45-39(30-81-33-23-22-31-20-18-19-21-32(31)24-33)87-63(57(80-17)51(45)74-11)92-44-38(29-68-5)85-61(55(78-15)50(44)73-10)90-42-36(27-66-3)83-59(88-40)53(76-13)48(42)71-8/h18-24,34-63H,25-30H2,1-17H3. The maximum Gasteiger partial charge on any atom is 0.187 e. The highest BCUT2D eigenvalue weighted by molar-refractivity contribution is 5.83. The Kier molecular flexibility index (Phi) is 28.8. The molecule has 30 unspecified atom stereocenters. The van der Waals surface area contributed by atoms with E-state index in [0.717, 1.165) is 10.8 Å². The molecule has 0 N–H and O–H groups in total. The molecular formula is C63H100O30. The van der Waals surface area contributed by atoms with Crippen molar-refractivity contribution in [1.82, 2.24) is 0 Å². The molecule has 0 aromatic heterocycles. The van der Waals surface area contributed by atoms with Gasteiger partial charge in [0.05, 0.1) is 33.0 Å². The van der Waals surface area contributed by atoms with Gasteiger partial charge in [-0.1, -0.05) is 30.3 Å². The quantitative estimate of drug-likeness (QED) is 0.135. The van der Waals surface area contributed by atoms with Crippen molar-refractivity contribution < 1.29 is 142 Å². The molecule has 93 heavy (non-hydrogen) atoms. The third kappa shape index (κ3) is 16.2. The van der Waals surface area contributed by atoms with Gasteiger partial charge in [0, 0.05) is 121 Å². The second kappa shape index (κ2) is 35.9. The minimum absolute atomic E-state index is 0.0145. The Hall–Kier alpha value is -2.66. The van der Waals surface area contributed by atoms with Gasteiger partial charge in [0.15, 0.2) is 37.7 Å². The average Bonchev–Trinajstić information content (AvgIpc) is 0.785. The zero-order valence-electron chi connectivity index (χ0n) is 56.4. The van der Waals surface area contributed by atoms with Gasteiger partial charge in [-0.05, 0) is 22.9 Å². The van der Waals surface area contributed by atoms with Crippen LogP contribution in [0.3, 0.4) is 0 Å². The van der Waals surface area contributed by atoms with E-state index in [1.54, 1.807) is 0 Å². The van der Waals surface area contributed by atoms with Crippen molar-refractivity contribution in [2.45, 2.75) is 184 Å². The first-order chi connectivity index (χ1) is 45.4. The molecule has 532 valence electrons. The number of hydrogen-bond acceptors (Lipinski definition) is 30. The molecule has 22 fully saturated rings. The largest absolute Gasteiger partial charge is 0.491 e. The van der Waals surface area contributed by atoms with Gasteiger partial charge in [-0.25, -0.2) is 0 Å². The SMILES string of the molecule is COCC1OC2OC3C(COC)OC(OC4C(COC)OC(OC5C(COc6ccc7ccccc7c6)OC(OC6C(COC)OC(OC7C(COC)OC(OC1C(OC)C2OC)C(OC)C7OC)C(OC)C6OC)C(OC)C5OC)C(OC)C4OC)C(OC)C3OC. The minimum Gasteiger partial charge on any atom is -0.491 e. The zero-order chi connectivity index (χ0) is 66.5. The van der Waals surface area contributed by atoms with E-state index in [2.05, 4.69) is 0 Å². The Morgan fingerprint density at radius 2 is 0.452 bits per heavy atom. The highest BCUT2D eigenvalue weighted by Crippen LogP contribution is 2.42. The highest BCUT2D eigenvalue weighted by atomic mass is 16.8. The Balaban J connectivity index is 1.15. The number of hydrogen-bond donors (Lipinski definition) is 0. The molecule has 0 aliphatic carbocycles. The Morgan fingerprint density at radius 3 is 0.667 bits per heavy atom.